The molecule has 0 amide bonds. The highest BCUT2D eigenvalue weighted by Crippen LogP contribution is 2.30. The number of halogens is 2. The van der Waals surface area contributed by atoms with Gasteiger partial charge < -0.3 is 0 Å². The lowest BCUT2D eigenvalue weighted by Crippen LogP contribution is -2.00. The third-order valence-electron chi connectivity index (χ3n) is 2.53. The molecule has 0 spiro atoms. The van der Waals surface area contributed by atoms with E-state index in [1.54, 1.807) is 0 Å². The van der Waals surface area contributed by atoms with Crippen LogP contribution in [0.3, 0.4) is 0 Å². The number of carbonyl (C=O) groups is 1. The first kappa shape index (κ1) is 12.5. The van der Waals surface area contributed by atoms with Crippen LogP contribution in [0.4, 0.5) is 0 Å². The van der Waals surface area contributed by atoms with Crippen LogP contribution in [0.1, 0.15) is 37.7 Å². The summed E-state index contributed by atoms with van der Waals surface area (Å²) in [7, 11) is 0. The topological polar surface area (TPSA) is 17.1 Å². The van der Waals surface area contributed by atoms with Gasteiger partial charge in [0.05, 0.1) is 0 Å². The van der Waals surface area contributed by atoms with Crippen molar-refractivity contribution < 1.29 is 4.79 Å². The van der Waals surface area contributed by atoms with Gasteiger partial charge in [0.15, 0.2) is 0 Å². The molecule has 1 rings (SSSR count). The summed E-state index contributed by atoms with van der Waals surface area (Å²) in [5.74, 6) is 0.321. The van der Waals surface area contributed by atoms with Crippen molar-refractivity contribution in [2.75, 3.05) is 0 Å². The number of hydrogen-bond acceptors (Lipinski definition) is 1. The van der Waals surface area contributed by atoms with E-state index >= 15 is 0 Å². The second kappa shape index (κ2) is 6.14. The molecule has 3 heteroatoms. The maximum Gasteiger partial charge on any atom is 0.221 e. The van der Waals surface area contributed by atoms with Gasteiger partial charge in [0.25, 0.3) is 0 Å². The summed E-state index contributed by atoms with van der Waals surface area (Å²) in [6, 6.07) is 7.76. The highest BCUT2D eigenvalue weighted by molar-refractivity contribution is 6.63. The van der Waals surface area contributed by atoms with E-state index in [2.05, 4.69) is 6.92 Å². The summed E-state index contributed by atoms with van der Waals surface area (Å²) in [5.41, 5.74) is 1.11. The lowest BCUT2D eigenvalue weighted by Gasteiger charge is -2.15. The average Bonchev–Trinajstić information content (AvgIpc) is 2.21. The van der Waals surface area contributed by atoms with Crippen molar-refractivity contribution in [3.63, 3.8) is 0 Å². The number of hydrogen-bond donors (Lipinski definition) is 0. The van der Waals surface area contributed by atoms with Crippen LogP contribution in [0.25, 0.3) is 0 Å². The number of benzene rings is 1. The first-order valence-electron chi connectivity index (χ1n) is 5.08. The van der Waals surface area contributed by atoms with Crippen LogP contribution in [-0.2, 0) is 4.79 Å². The number of rotatable bonds is 5. The largest absolute Gasteiger partial charge is 0.281 e. The Bertz CT molecular complexity index is 336. The molecule has 0 aromatic heterocycles. The van der Waals surface area contributed by atoms with Gasteiger partial charge in [-0.3, -0.25) is 4.79 Å². The summed E-state index contributed by atoms with van der Waals surface area (Å²) in [6.45, 7) is 2.09. The minimum Gasteiger partial charge on any atom is -0.281 e. The van der Waals surface area contributed by atoms with Crippen LogP contribution in [-0.4, -0.2) is 5.24 Å². The Morgan fingerprint density at radius 3 is 2.60 bits per heavy atom. The van der Waals surface area contributed by atoms with E-state index < -0.39 is 0 Å². The zero-order valence-corrected chi connectivity index (χ0v) is 10.2. The van der Waals surface area contributed by atoms with E-state index in [1.807, 2.05) is 24.3 Å². The molecule has 0 heterocycles. The molecule has 0 aliphatic carbocycles. The molecule has 15 heavy (non-hydrogen) atoms. The fourth-order valence-corrected chi connectivity index (χ4v) is 2.07. The van der Waals surface area contributed by atoms with Crippen molar-refractivity contribution in [1.29, 1.82) is 0 Å². The molecular formula is C12H14Cl2O. The summed E-state index contributed by atoms with van der Waals surface area (Å²) in [6.07, 6.45) is 2.14. The van der Waals surface area contributed by atoms with Crippen LogP contribution in [0.5, 0.6) is 0 Å². The minimum absolute atomic E-state index is 0.277. The van der Waals surface area contributed by atoms with Gasteiger partial charge in [-0.1, -0.05) is 36.7 Å². The second-order valence-corrected chi connectivity index (χ2v) is 4.35. The standard InChI is InChI=1S/C12H14Cl2O/c1-2-9(7-8-12(14)15)10-5-3-4-6-11(10)13/h3-6,9H,2,7-8H2,1H3. The molecule has 1 unspecified atom stereocenters. The minimum atomic E-state index is -0.277. The monoisotopic (exact) mass is 244 g/mol. The van der Waals surface area contributed by atoms with Gasteiger partial charge in [-0.05, 0) is 42.0 Å². The van der Waals surface area contributed by atoms with Gasteiger partial charge in [-0.15, -0.1) is 0 Å². The molecule has 0 saturated carbocycles. The Hall–Kier alpha value is -0.530. The fraction of sp³-hybridized carbons (Fsp3) is 0.417. The lowest BCUT2D eigenvalue weighted by molar-refractivity contribution is -0.111. The Labute approximate surface area is 100 Å². The van der Waals surface area contributed by atoms with Crippen molar-refractivity contribution in [2.45, 2.75) is 32.1 Å². The molecule has 0 saturated heterocycles. The predicted molar refractivity (Wildman–Crippen MR) is 64.6 cm³/mol. The van der Waals surface area contributed by atoms with Crippen molar-refractivity contribution in [1.82, 2.24) is 0 Å². The van der Waals surface area contributed by atoms with Crippen LogP contribution < -0.4 is 0 Å². The maximum atomic E-state index is 10.7. The summed E-state index contributed by atoms with van der Waals surface area (Å²) in [5, 5.41) is 0.492. The fourth-order valence-electron chi connectivity index (χ4n) is 1.67. The van der Waals surface area contributed by atoms with Gasteiger partial charge in [-0.25, -0.2) is 0 Å². The van der Waals surface area contributed by atoms with Crippen LogP contribution >= 0.6 is 23.2 Å². The lowest BCUT2D eigenvalue weighted by atomic mass is 9.92. The average molecular weight is 245 g/mol. The predicted octanol–water partition coefficient (Wildman–Crippen LogP) is 4.38. The van der Waals surface area contributed by atoms with E-state index in [9.17, 15) is 4.79 Å². The molecule has 0 fully saturated rings. The van der Waals surface area contributed by atoms with Gasteiger partial charge >= 0.3 is 0 Å². The molecule has 0 aliphatic heterocycles. The Balaban J connectivity index is 2.74. The molecule has 0 aliphatic rings. The summed E-state index contributed by atoms with van der Waals surface area (Å²) < 4.78 is 0. The van der Waals surface area contributed by atoms with E-state index in [1.165, 1.54) is 0 Å². The van der Waals surface area contributed by atoms with Gasteiger partial charge in [0.1, 0.15) is 0 Å². The first-order valence-corrected chi connectivity index (χ1v) is 5.83. The normalized spacial score (nSPS) is 12.5. The van der Waals surface area contributed by atoms with E-state index in [0.717, 1.165) is 23.4 Å². The zero-order chi connectivity index (χ0) is 11.3. The smallest absolute Gasteiger partial charge is 0.221 e. The summed E-state index contributed by atoms with van der Waals surface area (Å²) >= 11 is 11.4. The molecule has 82 valence electrons. The highest BCUT2D eigenvalue weighted by Gasteiger charge is 2.13. The van der Waals surface area contributed by atoms with Gasteiger partial charge in [0, 0.05) is 11.4 Å². The quantitative estimate of drug-likeness (QED) is 0.703. The molecular weight excluding hydrogens is 231 g/mol. The van der Waals surface area contributed by atoms with Crippen molar-refractivity contribution in [2.24, 2.45) is 0 Å². The van der Waals surface area contributed by atoms with Crippen LogP contribution in [0.15, 0.2) is 24.3 Å². The van der Waals surface area contributed by atoms with Gasteiger partial charge in [-0.2, -0.15) is 0 Å². The molecule has 1 aromatic rings. The zero-order valence-electron chi connectivity index (χ0n) is 8.67. The molecule has 0 N–H and O–H groups in total. The Kier molecular flexibility index (Phi) is 5.13. The SMILES string of the molecule is CCC(CCC(=O)Cl)c1ccccc1Cl. The third-order valence-corrected chi connectivity index (χ3v) is 3.06. The number of carbonyl (C=O) groups excluding carboxylic acids is 1. The van der Waals surface area contributed by atoms with Crippen molar-refractivity contribution >= 4 is 28.4 Å². The molecule has 0 radical (unpaired) electrons. The third kappa shape index (κ3) is 3.84. The summed E-state index contributed by atoms with van der Waals surface area (Å²) in [4.78, 5) is 10.7. The maximum absolute atomic E-state index is 10.7. The van der Waals surface area contributed by atoms with Crippen molar-refractivity contribution in [3.05, 3.63) is 34.9 Å². The highest BCUT2D eigenvalue weighted by atomic mass is 35.5. The van der Waals surface area contributed by atoms with Crippen molar-refractivity contribution in [3.8, 4) is 0 Å². The Morgan fingerprint density at radius 1 is 1.40 bits per heavy atom. The van der Waals surface area contributed by atoms with E-state index in [-0.39, 0.29) is 5.24 Å². The molecule has 1 aromatic carbocycles. The molecule has 1 atom stereocenters. The second-order valence-electron chi connectivity index (χ2n) is 3.52. The molecule has 1 nitrogen and oxygen atoms in total. The van der Waals surface area contributed by atoms with Crippen LogP contribution in [0.2, 0.25) is 5.02 Å². The molecule has 0 bridgehead atoms. The van der Waals surface area contributed by atoms with E-state index in [4.69, 9.17) is 23.2 Å². The van der Waals surface area contributed by atoms with E-state index in [0.29, 0.717) is 12.3 Å². The van der Waals surface area contributed by atoms with Gasteiger partial charge in [0.2, 0.25) is 5.24 Å². The Morgan fingerprint density at radius 2 is 2.07 bits per heavy atom. The first-order chi connectivity index (χ1) is 7.15. The van der Waals surface area contributed by atoms with Crippen LogP contribution in [0, 0.1) is 0 Å².